The summed E-state index contributed by atoms with van der Waals surface area (Å²) < 4.78 is 5.86. The Balaban J connectivity index is 2.65. The normalized spacial score (nSPS) is 10.7. The summed E-state index contributed by atoms with van der Waals surface area (Å²) in [5, 5.41) is 0. The van der Waals surface area contributed by atoms with Gasteiger partial charge in [-0.05, 0) is 0 Å². The Morgan fingerprint density at radius 2 is 2.00 bits per heavy atom. The summed E-state index contributed by atoms with van der Waals surface area (Å²) in [6, 6.07) is 9.41. The minimum absolute atomic E-state index is 0.306. The molecule has 2 nitrogen and oxygen atoms in total. The van der Waals surface area contributed by atoms with Gasteiger partial charge in [-0.15, -0.1) is 0 Å². The van der Waals surface area contributed by atoms with Crippen molar-refractivity contribution in [3.63, 3.8) is 0 Å². The summed E-state index contributed by atoms with van der Waals surface area (Å²) in [6.45, 7) is 1.37. The molecule has 66 valence electrons. The Hall–Kier alpha value is -0.290. The second-order valence-electron chi connectivity index (χ2n) is 2.07. The van der Waals surface area contributed by atoms with E-state index in [0.29, 0.717) is 0 Å². The van der Waals surface area contributed by atoms with Crippen molar-refractivity contribution >= 4 is 34.0 Å². The molecule has 0 unspecified atom stereocenters. The molecule has 0 aromatic heterocycles. The Bertz CT molecular complexity index is 263. The van der Waals surface area contributed by atoms with Gasteiger partial charge in [-0.3, -0.25) is 0 Å². The van der Waals surface area contributed by atoms with Crippen LogP contribution in [0.5, 0.6) is 0 Å². The third-order valence-electron chi connectivity index (χ3n) is 1.08. The van der Waals surface area contributed by atoms with Crippen LogP contribution in [0.25, 0.3) is 0 Å². The number of rotatable bonds is 2. The molecule has 0 bridgehead atoms. The van der Waals surface area contributed by atoms with Crippen LogP contribution in [0.2, 0.25) is 0 Å². The molecule has 1 rings (SSSR count). The van der Waals surface area contributed by atoms with Gasteiger partial charge in [0.1, 0.15) is 0 Å². The van der Waals surface area contributed by atoms with Gasteiger partial charge in [-0.25, -0.2) is 0 Å². The fourth-order valence-electron chi connectivity index (χ4n) is 0.654. The van der Waals surface area contributed by atoms with Crippen LogP contribution >= 0.6 is 28.0 Å². The topological polar surface area (TPSA) is 26.3 Å². The molecule has 0 aliphatic carbocycles. The van der Waals surface area contributed by atoms with Crippen LogP contribution < -0.4 is 0 Å². The first kappa shape index (κ1) is 9.80. The molecule has 1 aromatic rings. The molecule has 0 aliphatic heterocycles. The fraction of sp³-hybridized carbons (Fsp3) is 0.125. The van der Waals surface area contributed by atoms with Gasteiger partial charge in [-0.2, -0.15) is 0 Å². The van der Waals surface area contributed by atoms with E-state index in [4.69, 9.17) is 12.0 Å². The van der Waals surface area contributed by atoms with Crippen LogP contribution in [0.1, 0.15) is 6.92 Å². The zero-order valence-corrected chi connectivity index (χ0v) is 9.37. The molecule has 0 saturated heterocycles. The Morgan fingerprint density at radius 3 is 2.50 bits per heavy atom. The third-order valence-corrected chi connectivity index (χ3v) is 5.28. The van der Waals surface area contributed by atoms with Crippen molar-refractivity contribution in [2.75, 3.05) is 0 Å². The SMILES string of the molecule is CC(=O)OI(Cl)c1ccccc1. The van der Waals surface area contributed by atoms with E-state index < -0.39 is 19.1 Å². The standard InChI is InChI=1S/C8H8ClIO2/c1-7(11)12-10(9)8-5-3-2-4-6-8/h2-6H,1H3. The Kier molecular flexibility index (Phi) is 3.81. The van der Waals surface area contributed by atoms with E-state index in [9.17, 15) is 4.79 Å². The molecule has 0 spiro atoms. The number of halogens is 2. The molecule has 0 heterocycles. The summed E-state index contributed by atoms with van der Waals surface area (Å²) in [7, 11) is 5.91. The molecule has 0 radical (unpaired) electrons. The average molecular weight is 299 g/mol. The van der Waals surface area contributed by atoms with Crippen LogP contribution in [-0.2, 0) is 7.86 Å². The van der Waals surface area contributed by atoms with E-state index in [1.165, 1.54) is 6.92 Å². The minimum atomic E-state index is -2.16. The van der Waals surface area contributed by atoms with Gasteiger partial charge >= 0.3 is 82.7 Å². The molecule has 0 fully saturated rings. The number of hydrogen-bond donors (Lipinski definition) is 0. The van der Waals surface area contributed by atoms with Crippen molar-refractivity contribution in [3.8, 4) is 0 Å². The summed E-state index contributed by atoms with van der Waals surface area (Å²) in [5.41, 5.74) is 0. The van der Waals surface area contributed by atoms with E-state index in [1.807, 2.05) is 30.3 Å². The first-order chi connectivity index (χ1) is 5.70. The van der Waals surface area contributed by atoms with Gasteiger partial charge in [0.25, 0.3) is 0 Å². The molecule has 0 saturated carbocycles. The van der Waals surface area contributed by atoms with Crippen molar-refractivity contribution in [2.24, 2.45) is 0 Å². The van der Waals surface area contributed by atoms with Crippen molar-refractivity contribution in [1.29, 1.82) is 0 Å². The molecule has 4 heteroatoms. The summed E-state index contributed by atoms with van der Waals surface area (Å²) in [4.78, 5) is 10.6. The second kappa shape index (κ2) is 4.67. The number of carbonyl (C=O) groups is 1. The van der Waals surface area contributed by atoms with E-state index in [-0.39, 0.29) is 5.97 Å². The number of carbonyl (C=O) groups excluding carboxylic acids is 1. The first-order valence-corrected chi connectivity index (χ1v) is 8.00. The first-order valence-electron chi connectivity index (χ1n) is 3.31. The maximum absolute atomic E-state index is 10.6. The zero-order chi connectivity index (χ0) is 8.97. The van der Waals surface area contributed by atoms with Crippen LogP contribution in [-0.4, -0.2) is 5.97 Å². The zero-order valence-electron chi connectivity index (χ0n) is 6.46. The quantitative estimate of drug-likeness (QED) is 0.785. The molecule has 1 aromatic carbocycles. The van der Waals surface area contributed by atoms with Crippen LogP contribution in [0.4, 0.5) is 0 Å². The predicted octanol–water partition coefficient (Wildman–Crippen LogP) is 2.99. The monoisotopic (exact) mass is 298 g/mol. The summed E-state index contributed by atoms with van der Waals surface area (Å²) in [5.74, 6) is -0.306. The fourth-order valence-corrected chi connectivity index (χ4v) is 3.62. The van der Waals surface area contributed by atoms with E-state index in [0.717, 1.165) is 3.57 Å². The van der Waals surface area contributed by atoms with Crippen molar-refractivity contribution < 1.29 is 7.86 Å². The molecular formula is C8H8ClIO2. The molecular weight excluding hydrogens is 290 g/mol. The molecule has 0 amide bonds. The van der Waals surface area contributed by atoms with Gasteiger partial charge in [0.2, 0.25) is 0 Å². The molecule has 0 atom stereocenters. The van der Waals surface area contributed by atoms with E-state index in [2.05, 4.69) is 0 Å². The van der Waals surface area contributed by atoms with Crippen molar-refractivity contribution in [3.05, 3.63) is 33.9 Å². The molecule has 12 heavy (non-hydrogen) atoms. The summed E-state index contributed by atoms with van der Waals surface area (Å²) >= 11 is -2.16. The maximum atomic E-state index is 10.6. The number of hydrogen-bond acceptors (Lipinski definition) is 2. The van der Waals surface area contributed by atoms with Crippen LogP contribution in [0, 0.1) is 3.57 Å². The van der Waals surface area contributed by atoms with Crippen molar-refractivity contribution in [1.82, 2.24) is 0 Å². The average Bonchev–Trinajstić information content (AvgIpc) is 2.05. The molecule has 0 N–H and O–H groups in total. The van der Waals surface area contributed by atoms with Gasteiger partial charge in [0.05, 0.1) is 0 Å². The van der Waals surface area contributed by atoms with Crippen molar-refractivity contribution in [2.45, 2.75) is 6.92 Å². The van der Waals surface area contributed by atoms with Gasteiger partial charge < -0.3 is 0 Å². The van der Waals surface area contributed by atoms with Crippen LogP contribution in [0.15, 0.2) is 30.3 Å². The number of benzene rings is 1. The predicted molar refractivity (Wildman–Crippen MR) is 56.8 cm³/mol. The van der Waals surface area contributed by atoms with Gasteiger partial charge in [0.15, 0.2) is 0 Å². The Morgan fingerprint density at radius 1 is 1.42 bits per heavy atom. The van der Waals surface area contributed by atoms with Gasteiger partial charge in [0, 0.05) is 0 Å². The summed E-state index contributed by atoms with van der Waals surface area (Å²) in [6.07, 6.45) is 0. The van der Waals surface area contributed by atoms with E-state index >= 15 is 0 Å². The third kappa shape index (κ3) is 2.98. The van der Waals surface area contributed by atoms with Crippen LogP contribution in [0.3, 0.4) is 0 Å². The van der Waals surface area contributed by atoms with E-state index in [1.54, 1.807) is 0 Å². The van der Waals surface area contributed by atoms with Gasteiger partial charge in [-0.1, -0.05) is 0 Å². The molecule has 0 aliphatic rings. The second-order valence-corrected chi connectivity index (χ2v) is 6.68. The Labute approximate surface area is 82.5 Å².